The fourth-order valence-electron chi connectivity index (χ4n) is 5.07. The Morgan fingerprint density at radius 1 is 1.15 bits per heavy atom. The van der Waals surface area contributed by atoms with Crippen molar-refractivity contribution in [1.82, 2.24) is 9.88 Å². The summed E-state index contributed by atoms with van der Waals surface area (Å²) >= 11 is 0. The second-order valence-electron chi connectivity index (χ2n) is 8.03. The number of carbonyl (C=O) groups is 1. The topological polar surface area (TPSA) is 43.3 Å². The van der Waals surface area contributed by atoms with Crippen molar-refractivity contribution in [3.8, 4) is 0 Å². The molecule has 4 heteroatoms. The van der Waals surface area contributed by atoms with Crippen LogP contribution in [0.25, 0.3) is 10.9 Å². The smallest absolute Gasteiger partial charge is 0.253 e. The van der Waals surface area contributed by atoms with Crippen LogP contribution >= 0.6 is 0 Å². The summed E-state index contributed by atoms with van der Waals surface area (Å²) in [5.74, 6) is 1.82. The van der Waals surface area contributed by atoms with Gasteiger partial charge in [0.05, 0.1) is 12.2 Å². The Kier molecular flexibility index (Phi) is 5.30. The first-order chi connectivity index (χ1) is 12.8. The van der Waals surface area contributed by atoms with Gasteiger partial charge in [-0.05, 0) is 37.2 Å². The van der Waals surface area contributed by atoms with Gasteiger partial charge in [0.1, 0.15) is 0 Å². The lowest BCUT2D eigenvalue weighted by molar-refractivity contribution is 0.0880. The number of amides is 1. The van der Waals surface area contributed by atoms with Crippen molar-refractivity contribution in [3.63, 3.8) is 0 Å². The second-order valence-corrected chi connectivity index (χ2v) is 8.03. The molecule has 2 saturated carbocycles. The van der Waals surface area contributed by atoms with Gasteiger partial charge >= 0.3 is 0 Å². The molecule has 26 heavy (non-hydrogen) atoms. The van der Waals surface area contributed by atoms with Gasteiger partial charge in [0.2, 0.25) is 0 Å². The van der Waals surface area contributed by atoms with E-state index in [1.165, 1.54) is 38.5 Å². The van der Waals surface area contributed by atoms with E-state index in [1.807, 2.05) is 24.4 Å². The number of nitrogens with one attached hydrogen (secondary N) is 1. The minimum Gasteiger partial charge on any atom is -0.383 e. The molecule has 0 saturated heterocycles. The van der Waals surface area contributed by atoms with Crippen LogP contribution in [-0.2, 0) is 11.3 Å². The van der Waals surface area contributed by atoms with Crippen LogP contribution in [0.1, 0.15) is 55.3 Å². The molecule has 0 aliphatic heterocycles. The van der Waals surface area contributed by atoms with Crippen molar-refractivity contribution >= 4 is 16.8 Å². The van der Waals surface area contributed by atoms with Crippen LogP contribution in [-0.4, -0.2) is 30.2 Å². The normalized spacial score (nSPS) is 25.8. The Morgan fingerprint density at radius 3 is 2.81 bits per heavy atom. The molecule has 0 bridgehead atoms. The number of fused-ring (bicyclic) bond motifs is 2. The largest absolute Gasteiger partial charge is 0.383 e. The fourth-order valence-corrected chi connectivity index (χ4v) is 5.07. The lowest BCUT2D eigenvalue weighted by Crippen LogP contribution is -2.41. The van der Waals surface area contributed by atoms with E-state index < -0.39 is 0 Å². The molecule has 1 aromatic carbocycles. The second kappa shape index (κ2) is 7.83. The van der Waals surface area contributed by atoms with E-state index in [0.717, 1.165) is 41.3 Å². The SMILES string of the molecule is COCCn1cc(C(=O)N[C@@H]2CC[C@@H]3CCCC[C@H]3C2)c2ccccc21. The highest BCUT2D eigenvalue weighted by molar-refractivity contribution is 6.07. The van der Waals surface area contributed by atoms with E-state index in [-0.39, 0.29) is 5.91 Å². The first kappa shape index (κ1) is 17.6. The van der Waals surface area contributed by atoms with Crippen molar-refractivity contribution in [3.05, 3.63) is 36.0 Å². The Labute approximate surface area is 155 Å². The number of para-hydroxylation sites is 1. The van der Waals surface area contributed by atoms with Gasteiger partial charge in [-0.1, -0.05) is 43.9 Å². The summed E-state index contributed by atoms with van der Waals surface area (Å²) in [5, 5.41) is 4.38. The molecule has 2 aliphatic rings. The van der Waals surface area contributed by atoms with Gasteiger partial charge in [0.25, 0.3) is 5.91 Å². The summed E-state index contributed by atoms with van der Waals surface area (Å²) < 4.78 is 7.35. The van der Waals surface area contributed by atoms with Gasteiger partial charge in [-0.15, -0.1) is 0 Å². The molecule has 2 fully saturated rings. The standard InChI is InChI=1S/C22H30N2O2/c1-26-13-12-24-15-20(19-8-4-5-9-21(19)24)22(25)23-18-11-10-16-6-2-3-7-17(16)14-18/h4-5,8-9,15-18H,2-3,6-7,10-14H2,1H3,(H,23,25)/t16-,17-,18+/m0/s1. The minimum absolute atomic E-state index is 0.0802. The number of hydrogen-bond donors (Lipinski definition) is 1. The van der Waals surface area contributed by atoms with Crippen molar-refractivity contribution in [2.75, 3.05) is 13.7 Å². The molecule has 1 aromatic heterocycles. The third kappa shape index (κ3) is 3.52. The van der Waals surface area contributed by atoms with Crippen LogP contribution in [0.5, 0.6) is 0 Å². The van der Waals surface area contributed by atoms with E-state index in [4.69, 9.17) is 4.74 Å². The highest BCUT2D eigenvalue weighted by atomic mass is 16.5. The Morgan fingerprint density at radius 2 is 1.96 bits per heavy atom. The zero-order chi connectivity index (χ0) is 17.9. The number of benzene rings is 1. The molecule has 2 aromatic rings. The maximum atomic E-state index is 13.0. The molecule has 1 heterocycles. The zero-order valence-electron chi connectivity index (χ0n) is 15.7. The van der Waals surface area contributed by atoms with Crippen molar-refractivity contribution < 1.29 is 9.53 Å². The molecule has 2 aliphatic carbocycles. The summed E-state index contributed by atoms with van der Waals surface area (Å²) in [5.41, 5.74) is 1.90. The first-order valence-corrected chi connectivity index (χ1v) is 10.1. The number of rotatable bonds is 5. The quantitative estimate of drug-likeness (QED) is 0.866. The molecule has 4 rings (SSSR count). The lowest BCUT2D eigenvalue weighted by Gasteiger charge is -2.39. The fraction of sp³-hybridized carbons (Fsp3) is 0.591. The van der Waals surface area contributed by atoms with E-state index in [9.17, 15) is 4.79 Å². The van der Waals surface area contributed by atoms with Crippen LogP contribution in [0.3, 0.4) is 0 Å². The number of ether oxygens (including phenoxy) is 1. The summed E-state index contributed by atoms with van der Waals surface area (Å²) in [6, 6.07) is 8.49. The number of carbonyl (C=O) groups excluding carboxylic acids is 1. The third-order valence-corrected chi connectivity index (χ3v) is 6.44. The van der Waals surface area contributed by atoms with Gasteiger partial charge < -0.3 is 14.6 Å². The molecule has 0 unspecified atom stereocenters. The van der Waals surface area contributed by atoms with Gasteiger partial charge in [-0.25, -0.2) is 0 Å². The average Bonchev–Trinajstić information content (AvgIpc) is 3.05. The van der Waals surface area contributed by atoms with E-state index >= 15 is 0 Å². The van der Waals surface area contributed by atoms with Crippen molar-refractivity contribution in [2.45, 2.75) is 57.5 Å². The number of aromatic nitrogens is 1. The number of methoxy groups -OCH3 is 1. The lowest BCUT2D eigenvalue weighted by atomic mass is 9.69. The molecule has 0 radical (unpaired) electrons. The number of nitrogens with zero attached hydrogens (tertiary/aromatic N) is 1. The van der Waals surface area contributed by atoms with Crippen molar-refractivity contribution in [1.29, 1.82) is 0 Å². The Hall–Kier alpha value is -1.81. The predicted molar refractivity (Wildman–Crippen MR) is 104 cm³/mol. The first-order valence-electron chi connectivity index (χ1n) is 10.1. The zero-order valence-corrected chi connectivity index (χ0v) is 15.7. The monoisotopic (exact) mass is 354 g/mol. The summed E-state index contributed by atoms with van der Waals surface area (Å²) in [6.07, 6.45) is 11.1. The highest BCUT2D eigenvalue weighted by Crippen LogP contribution is 2.40. The molecule has 1 amide bonds. The van der Waals surface area contributed by atoms with Crippen LogP contribution in [0.4, 0.5) is 0 Å². The molecular formula is C22H30N2O2. The Balaban J connectivity index is 1.49. The van der Waals surface area contributed by atoms with Crippen LogP contribution < -0.4 is 5.32 Å². The predicted octanol–water partition coefficient (Wildman–Crippen LogP) is 4.38. The van der Waals surface area contributed by atoms with Crippen LogP contribution in [0.15, 0.2) is 30.5 Å². The van der Waals surface area contributed by atoms with Gasteiger partial charge in [0, 0.05) is 36.8 Å². The van der Waals surface area contributed by atoms with Crippen LogP contribution in [0, 0.1) is 11.8 Å². The maximum absolute atomic E-state index is 13.0. The minimum atomic E-state index is 0.0802. The van der Waals surface area contributed by atoms with E-state index in [2.05, 4.69) is 16.0 Å². The summed E-state index contributed by atoms with van der Waals surface area (Å²) in [6.45, 7) is 1.41. The number of hydrogen-bond acceptors (Lipinski definition) is 2. The van der Waals surface area contributed by atoms with Gasteiger partial charge in [-0.2, -0.15) is 0 Å². The molecule has 140 valence electrons. The molecule has 1 N–H and O–H groups in total. The van der Waals surface area contributed by atoms with Gasteiger partial charge in [-0.3, -0.25) is 4.79 Å². The summed E-state index contributed by atoms with van der Waals surface area (Å²) in [4.78, 5) is 13.0. The molecular weight excluding hydrogens is 324 g/mol. The molecule has 3 atom stereocenters. The highest BCUT2D eigenvalue weighted by Gasteiger charge is 2.33. The van der Waals surface area contributed by atoms with Crippen LogP contribution in [0.2, 0.25) is 0 Å². The Bertz CT molecular complexity index is 767. The van der Waals surface area contributed by atoms with E-state index in [0.29, 0.717) is 12.6 Å². The maximum Gasteiger partial charge on any atom is 0.253 e. The molecule has 4 nitrogen and oxygen atoms in total. The third-order valence-electron chi connectivity index (χ3n) is 6.44. The van der Waals surface area contributed by atoms with E-state index in [1.54, 1.807) is 7.11 Å². The van der Waals surface area contributed by atoms with Crippen molar-refractivity contribution in [2.24, 2.45) is 11.8 Å². The summed E-state index contributed by atoms with van der Waals surface area (Å²) in [7, 11) is 1.71. The average molecular weight is 354 g/mol. The molecule has 0 spiro atoms. The van der Waals surface area contributed by atoms with Gasteiger partial charge in [0.15, 0.2) is 0 Å².